The van der Waals surface area contributed by atoms with Crippen molar-refractivity contribution in [3.8, 4) is 11.3 Å². The summed E-state index contributed by atoms with van der Waals surface area (Å²) in [5, 5.41) is 13.7. The summed E-state index contributed by atoms with van der Waals surface area (Å²) < 4.78 is 2.07. The first-order valence-corrected chi connectivity index (χ1v) is 17.0. The van der Waals surface area contributed by atoms with Crippen molar-refractivity contribution >= 4 is 40.3 Å². The Bertz CT molecular complexity index is 1930. The van der Waals surface area contributed by atoms with Gasteiger partial charge in [-0.1, -0.05) is 6.07 Å². The maximum atomic E-state index is 13.1. The molecule has 12 nitrogen and oxygen atoms in total. The molecular formula is C36H38N8O4. The fourth-order valence-electron chi connectivity index (χ4n) is 7.60. The standard InChI is InChI=1S/C36H38N8O4/c45-33-8-7-32(34(46)42-33)44-35(47)27-5-4-25(17-28(27)36(44)48)38-11-1-2-21-14-26(15-21)43-20-24(18-40-43)31-19-39-29-6-3-23(16-30(29)41-31)22-9-12-37-13-10-22/h3-6,16-22,26,32,37-38H,1-2,7-15H2,(H,42,45,46). The number of carbonyl (C=O) groups is 4. The summed E-state index contributed by atoms with van der Waals surface area (Å²) in [5.74, 6) is -0.787. The van der Waals surface area contributed by atoms with Gasteiger partial charge in [0.15, 0.2) is 0 Å². The number of fused-ring (bicyclic) bond motifs is 2. The minimum atomic E-state index is -0.962. The molecular weight excluding hydrogens is 608 g/mol. The van der Waals surface area contributed by atoms with Crippen molar-refractivity contribution < 1.29 is 19.2 Å². The molecule has 4 aromatic rings. The second-order valence-corrected chi connectivity index (χ2v) is 13.5. The summed E-state index contributed by atoms with van der Waals surface area (Å²) in [5.41, 5.74) is 6.35. The lowest BCUT2D eigenvalue weighted by atomic mass is 9.77. The summed E-state index contributed by atoms with van der Waals surface area (Å²) in [6.45, 7) is 2.86. The number of amides is 4. The van der Waals surface area contributed by atoms with Crippen molar-refractivity contribution in [2.75, 3.05) is 25.0 Å². The van der Waals surface area contributed by atoms with Crippen LogP contribution >= 0.6 is 0 Å². The van der Waals surface area contributed by atoms with Crippen LogP contribution in [0.2, 0.25) is 0 Å². The summed E-state index contributed by atoms with van der Waals surface area (Å²) in [6.07, 6.45) is 12.6. The van der Waals surface area contributed by atoms with Gasteiger partial charge in [0.25, 0.3) is 11.8 Å². The molecule has 0 bridgehead atoms. The van der Waals surface area contributed by atoms with Gasteiger partial charge in [-0.05, 0) is 106 Å². The molecule has 2 aromatic heterocycles. The first-order chi connectivity index (χ1) is 23.4. The van der Waals surface area contributed by atoms with Crippen LogP contribution in [0.5, 0.6) is 0 Å². The molecule has 1 unspecified atom stereocenters. The highest BCUT2D eigenvalue weighted by atomic mass is 16.2. The zero-order chi connectivity index (χ0) is 32.8. The smallest absolute Gasteiger partial charge is 0.262 e. The lowest BCUT2D eigenvalue weighted by molar-refractivity contribution is -0.136. The fourth-order valence-corrected chi connectivity index (χ4v) is 7.60. The summed E-state index contributed by atoms with van der Waals surface area (Å²) in [6, 6.07) is 11.0. The highest BCUT2D eigenvalue weighted by Gasteiger charge is 2.44. The Morgan fingerprint density at radius 3 is 2.56 bits per heavy atom. The summed E-state index contributed by atoms with van der Waals surface area (Å²) in [7, 11) is 0. The Hall–Kier alpha value is -4.97. The lowest BCUT2D eigenvalue weighted by Gasteiger charge is -2.35. The highest BCUT2D eigenvalue weighted by Crippen LogP contribution is 2.40. The predicted molar refractivity (Wildman–Crippen MR) is 178 cm³/mol. The molecule has 3 fully saturated rings. The summed E-state index contributed by atoms with van der Waals surface area (Å²) >= 11 is 0. The lowest BCUT2D eigenvalue weighted by Crippen LogP contribution is -2.54. The van der Waals surface area contributed by atoms with Gasteiger partial charge in [0.1, 0.15) is 6.04 Å². The van der Waals surface area contributed by atoms with Crippen LogP contribution in [0, 0.1) is 5.92 Å². The van der Waals surface area contributed by atoms with Gasteiger partial charge < -0.3 is 10.6 Å². The Morgan fingerprint density at radius 1 is 0.896 bits per heavy atom. The van der Waals surface area contributed by atoms with Crippen molar-refractivity contribution in [1.29, 1.82) is 0 Å². The van der Waals surface area contributed by atoms with Crippen molar-refractivity contribution in [1.82, 2.24) is 35.3 Å². The van der Waals surface area contributed by atoms with Crippen LogP contribution in [0.25, 0.3) is 22.3 Å². The van der Waals surface area contributed by atoms with E-state index in [2.05, 4.69) is 55.1 Å². The van der Waals surface area contributed by atoms with Crippen LogP contribution in [0.15, 0.2) is 55.0 Å². The average Bonchev–Trinajstić information content (AvgIpc) is 3.66. The number of rotatable bonds is 9. The van der Waals surface area contributed by atoms with Gasteiger partial charge >= 0.3 is 0 Å². The van der Waals surface area contributed by atoms with E-state index >= 15 is 0 Å². The number of benzene rings is 2. The third-order valence-corrected chi connectivity index (χ3v) is 10.4. The molecule has 48 heavy (non-hydrogen) atoms. The van der Waals surface area contributed by atoms with Crippen molar-refractivity contribution in [2.45, 2.75) is 69.4 Å². The Labute approximate surface area is 277 Å². The number of hydrogen-bond donors (Lipinski definition) is 3. The fraction of sp³-hybridized carbons (Fsp3) is 0.417. The monoisotopic (exact) mass is 646 g/mol. The highest BCUT2D eigenvalue weighted by molar-refractivity contribution is 6.23. The number of nitrogens with zero attached hydrogens (tertiary/aromatic N) is 5. The predicted octanol–water partition coefficient (Wildman–Crippen LogP) is 4.20. The van der Waals surface area contributed by atoms with Crippen LogP contribution in [0.3, 0.4) is 0 Å². The van der Waals surface area contributed by atoms with Crippen LogP contribution in [0.4, 0.5) is 5.69 Å². The molecule has 12 heteroatoms. The molecule has 3 N–H and O–H groups in total. The molecule has 2 aromatic carbocycles. The Balaban J connectivity index is 0.819. The molecule has 5 heterocycles. The molecule has 1 saturated carbocycles. The average molecular weight is 647 g/mol. The number of aromatic nitrogens is 4. The van der Waals surface area contributed by atoms with E-state index in [9.17, 15) is 19.2 Å². The largest absolute Gasteiger partial charge is 0.385 e. The molecule has 4 aliphatic rings. The zero-order valence-electron chi connectivity index (χ0n) is 26.7. The van der Waals surface area contributed by atoms with Crippen LogP contribution < -0.4 is 16.0 Å². The normalized spacial score (nSPS) is 22.9. The first kappa shape index (κ1) is 30.4. The molecule has 1 atom stereocenters. The van der Waals surface area contributed by atoms with Gasteiger partial charge in [0, 0.05) is 30.4 Å². The third kappa shape index (κ3) is 5.74. The zero-order valence-corrected chi connectivity index (χ0v) is 26.7. The number of imide groups is 2. The Kier molecular flexibility index (Phi) is 7.95. The second kappa shape index (κ2) is 12.6. The van der Waals surface area contributed by atoms with E-state index in [-0.39, 0.29) is 29.9 Å². The van der Waals surface area contributed by atoms with Gasteiger partial charge in [0.05, 0.1) is 46.3 Å². The van der Waals surface area contributed by atoms with E-state index in [0.717, 1.165) is 91.0 Å². The van der Waals surface area contributed by atoms with Crippen LogP contribution in [-0.2, 0) is 9.59 Å². The van der Waals surface area contributed by atoms with E-state index in [1.165, 1.54) is 5.56 Å². The molecule has 2 saturated heterocycles. The first-order valence-electron chi connectivity index (χ1n) is 17.0. The van der Waals surface area contributed by atoms with E-state index in [4.69, 9.17) is 4.98 Å². The van der Waals surface area contributed by atoms with E-state index in [0.29, 0.717) is 17.9 Å². The third-order valence-electron chi connectivity index (χ3n) is 10.4. The molecule has 1 aliphatic carbocycles. The Morgan fingerprint density at radius 2 is 1.73 bits per heavy atom. The van der Waals surface area contributed by atoms with Gasteiger partial charge in [-0.15, -0.1) is 0 Å². The minimum absolute atomic E-state index is 0.0986. The van der Waals surface area contributed by atoms with Gasteiger partial charge in [0.2, 0.25) is 11.8 Å². The van der Waals surface area contributed by atoms with E-state index in [1.54, 1.807) is 18.2 Å². The molecule has 0 radical (unpaired) electrons. The molecule has 8 rings (SSSR count). The van der Waals surface area contributed by atoms with Gasteiger partial charge in [-0.3, -0.25) is 39.1 Å². The SMILES string of the molecule is O=C1CCC(N2C(=O)c3ccc(NCCCC4CC(n5cc(-c6cnc7ccc(C8CCNCC8)cc7n6)cn5)C4)cc3C2=O)C(=O)N1. The van der Waals surface area contributed by atoms with Crippen LogP contribution in [-0.4, -0.2) is 74.0 Å². The quantitative estimate of drug-likeness (QED) is 0.180. The van der Waals surface area contributed by atoms with Crippen molar-refractivity contribution in [3.63, 3.8) is 0 Å². The van der Waals surface area contributed by atoms with Crippen molar-refractivity contribution in [2.24, 2.45) is 5.92 Å². The van der Waals surface area contributed by atoms with Crippen LogP contribution in [0.1, 0.15) is 89.6 Å². The number of hydrogen-bond acceptors (Lipinski definition) is 9. The molecule has 246 valence electrons. The van der Waals surface area contributed by atoms with E-state index < -0.39 is 23.8 Å². The summed E-state index contributed by atoms with van der Waals surface area (Å²) in [4.78, 5) is 60.5. The number of anilines is 1. The molecule has 0 spiro atoms. The molecule has 4 amide bonds. The minimum Gasteiger partial charge on any atom is -0.385 e. The van der Waals surface area contributed by atoms with Gasteiger partial charge in [-0.2, -0.15) is 5.10 Å². The number of piperidine rings is 2. The maximum absolute atomic E-state index is 13.1. The van der Waals surface area contributed by atoms with Gasteiger partial charge in [-0.25, -0.2) is 4.98 Å². The number of nitrogens with one attached hydrogen (secondary N) is 3. The topological polar surface area (TPSA) is 151 Å². The van der Waals surface area contributed by atoms with E-state index in [1.807, 2.05) is 12.4 Å². The van der Waals surface area contributed by atoms with Crippen molar-refractivity contribution in [3.05, 3.63) is 71.7 Å². The maximum Gasteiger partial charge on any atom is 0.262 e. The number of carbonyl (C=O) groups excluding carboxylic acids is 4. The second-order valence-electron chi connectivity index (χ2n) is 13.5. The molecule has 3 aliphatic heterocycles.